The van der Waals surface area contributed by atoms with E-state index < -0.39 is 0 Å². The van der Waals surface area contributed by atoms with Gasteiger partial charge in [0.25, 0.3) is 0 Å². The number of imidazole rings is 1. The second-order valence-corrected chi connectivity index (χ2v) is 6.10. The highest BCUT2D eigenvalue weighted by atomic mass is 79.9. The average molecular weight is 352 g/mol. The summed E-state index contributed by atoms with van der Waals surface area (Å²) in [5.41, 5.74) is 2.28. The van der Waals surface area contributed by atoms with Crippen LogP contribution in [0.4, 0.5) is 0 Å². The van der Waals surface area contributed by atoms with E-state index in [1.807, 2.05) is 24.7 Å². The van der Waals surface area contributed by atoms with Crippen LogP contribution in [0.3, 0.4) is 0 Å². The minimum Gasteiger partial charge on any atom is -0.487 e. The molecule has 0 atom stereocenters. The van der Waals surface area contributed by atoms with Crippen molar-refractivity contribution >= 4 is 15.9 Å². The largest absolute Gasteiger partial charge is 0.487 e. The van der Waals surface area contributed by atoms with Crippen molar-refractivity contribution < 1.29 is 4.74 Å². The van der Waals surface area contributed by atoms with Gasteiger partial charge in [-0.25, -0.2) is 4.98 Å². The van der Waals surface area contributed by atoms with Crippen LogP contribution in [-0.2, 0) is 19.7 Å². The molecule has 0 aliphatic heterocycles. The van der Waals surface area contributed by atoms with Gasteiger partial charge in [0.15, 0.2) is 0 Å². The number of rotatable bonds is 7. The van der Waals surface area contributed by atoms with Gasteiger partial charge in [0.1, 0.15) is 12.4 Å². The van der Waals surface area contributed by atoms with Crippen LogP contribution < -0.4 is 10.1 Å². The third-order valence-electron chi connectivity index (χ3n) is 3.24. The molecule has 114 valence electrons. The Balaban J connectivity index is 2.01. The van der Waals surface area contributed by atoms with Crippen molar-refractivity contribution in [2.24, 2.45) is 0 Å². The van der Waals surface area contributed by atoms with Crippen molar-refractivity contribution in [1.82, 2.24) is 14.9 Å². The van der Waals surface area contributed by atoms with E-state index in [1.165, 1.54) is 5.56 Å². The minimum atomic E-state index is 0.459. The second-order valence-electron chi connectivity index (χ2n) is 5.25. The maximum atomic E-state index is 5.89. The van der Waals surface area contributed by atoms with Gasteiger partial charge >= 0.3 is 0 Å². The minimum absolute atomic E-state index is 0.459. The third kappa shape index (κ3) is 4.58. The quantitative estimate of drug-likeness (QED) is 0.825. The number of nitrogens with zero attached hydrogens (tertiary/aromatic N) is 2. The van der Waals surface area contributed by atoms with Gasteiger partial charge in [-0.1, -0.05) is 29.8 Å². The zero-order valence-corrected chi connectivity index (χ0v) is 14.4. The maximum absolute atomic E-state index is 5.89. The molecule has 2 rings (SSSR count). The summed E-state index contributed by atoms with van der Waals surface area (Å²) in [4.78, 5) is 4.15. The van der Waals surface area contributed by atoms with Crippen LogP contribution in [0.25, 0.3) is 0 Å². The van der Waals surface area contributed by atoms with E-state index in [2.05, 4.69) is 57.6 Å². The Kier molecular flexibility index (Phi) is 5.82. The van der Waals surface area contributed by atoms with Crippen molar-refractivity contribution in [3.8, 4) is 5.75 Å². The molecule has 4 nitrogen and oxygen atoms in total. The first-order chi connectivity index (χ1) is 10.1. The summed E-state index contributed by atoms with van der Waals surface area (Å²) >= 11 is 3.58. The number of hydrogen-bond donors (Lipinski definition) is 1. The van der Waals surface area contributed by atoms with Crippen molar-refractivity contribution in [2.45, 2.75) is 46.5 Å². The summed E-state index contributed by atoms with van der Waals surface area (Å²) in [6, 6.07) is 6.55. The Morgan fingerprint density at radius 1 is 1.38 bits per heavy atom. The van der Waals surface area contributed by atoms with Crippen molar-refractivity contribution in [1.29, 1.82) is 0 Å². The van der Waals surface area contributed by atoms with E-state index in [-0.39, 0.29) is 0 Å². The molecule has 0 radical (unpaired) electrons. The molecule has 0 amide bonds. The molecule has 21 heavy (non-hydrogen) atoms. The van der Waals surface area contributed by atoms with Crippen molar-refractivity contribution in [2.75, 3.05) is 0 Å². The van der Waals surface area contributed by atoms with Gasteiger partial charge < -0.3 is 14.6 Å². The van der Waals surface area contributed by atoms with Gasteiger partial charge in [-0.05, 0) is 30.7 Å². The molecule has 0 saturated carbocycles. The number of halogens is 1. The fourth-order valence-corrected chi connectivity index (χ4v) is 2.39. The lowest BCUT2D eigenvalue weighted by Crippen LogP contribution is -2.22. The van der Waals surface area contributed by atoms with Crippen LogP contribution in [0.1, 0.15) is 32.0 Å². The molecule has 5 heteroatoms. The fourth-order valence-electron chi connectivity index (χ4n) is 2.00. The Morgan fingerprint density at radius 2 is 2.19 bits per heavy atom. The number of aryl methyl sites for hydroxylation is 1. The lowest BCUT2D eigenvalue weighted by molar-refractivity contribution is 0.295. The summed E-state index contributed by atoms with van der Waals surface area (Å²) in [5, 5.41) is 3.42. The Bertz CT molecular complexity index is 581. The Hall–Kier alpha value is -1.33. The molecule has 0 spiro atoms. The molecule has 0 aliphatic rings. The smallest absolute Gasteiger partial charge is 0.130 e. The lowest BCUT2D eigenvalue weighted by Gasteiger charge is -2.12. The van der Waals surface area contributed by atoms with Crippen LogP contribution in [0, 0.1) is 0 Å². The third-order valence-corrected chi connectivity index (χ3v) is 4.02. The molecule has 0 unspecified atom stereocenters. The van der Waals surface area contributed by atoms with E-state index >= 15 is 0 Å². The molecule has 2 aromatic rings. The van der Waals surface area contributed by atoms with Gasteiger partial charge in [-0.3, -0.25) is 0 Å². The summed E-state index contributed by atoms with van der Waals surface area (Å²) in [6.07, 6.45) is 3.68. The molecule has 1 N–H and O–H groups in total. The summed E-state index contributed by atoms with van der Waals surface area (Å²) < 4.78 is 9.07. The van der Waals surface area contributed by atoms with Crippen LogP contribution in [0.5, 0.6) is 5.75 Å². The molecule has 1 aromatic heterocycles. The van der Waals surface area contributed by atoms with Gasteiger partial charge in [0.05, 0.1) is 18.2 Å². The molecule has 0 aliphatic carbocycles. The number of hydrogen-bond acceptors (Lipinski definition) is 3. The predicted octanol–water partition coefficient (Wildman–Crippen LogP) is 3.74. The van der Waals surface area contributed by atoms with Crippen LogP contribution >= 0.6 is 15.9 Å². The predicted molar refractivity (Wildman–Crippen MR) is 88.4 cm³/mol. The van der Waals surface area contributed by atoms with Gasteiger partial charge in [-0.2, -0.15) is 0 Å². The van der Waals surface area contributed by atoms with Gasteiger partial charge in [0, 0.05) is 23.6 Å². The molecular formula is C16H22BrN3O. The molecular weight excluding hydrogens is 330 g/mol. The lowest BCUT2D eigenvalue weighted by atomic mass is 10.2. The SMILES string of the molecule is CCn1cncc1COc1ccc(Br)c(CNC(C)C)c1. The zero-order chi connectivity index (χ0) is 15.2. The average Bonchev–Trinajstić information content (AvgIpc) is 2.92. The number of ether oxygens (including phenoxy) is 1. The maximum Gasteiger partial charge on any atom is 0.130 e. The van der Waals surface area contributed by atoms with E-state index in [9.17, 15) is 0 Å². The first kappa shape index (κ1) is 16.0. The highest BCUT2D eigenvalue weighted by molar-refractivity contribution is 9.10. The first-order valence-electron chi connectivity index (χ1n) is 7.23. The van der Waals surface area contributed by atoms with E-state index in [4.69, 9.17) is 4.74 Å². The number of nitrogens with one attached hydrogen (secondary N) is 1. The second kappa shape index (κ2) is 7.61. The van der Waals surface area contributed by atoms with E-state index in [0.717, 1.165) is 29.0 Å². The summed E-state index contributed by atoms with van der Waals surface area (Å²) in [6.45, 7) is 8.64. The number of benzene rings is 1. The van der Waals surface area contributed by atoms with Gasteiger partial charge in [0.2, 0.25) is 0 Å². The normalized spacial score (nSPS) is 11.1. The molecule has 1 heterocycles. The standard InChI is InChI=1S/C16H22BrN3O/c1-4-20-11-18-9-14(20)10-21-15-5-6-16(17)13(7-15)8-19-12(2)3/h5-7,9,11-12,19H,4,8,10H2,1-3H3. The molecule has 1 aromatic carbocycles. The van der Waals surface area contributed by atoms with Crippen molar-refractivity contribution in [3.63, 3.8) is 0 Å². The Morgan fingerprint density at radius 3 is 2.90 bits per heavy atom. The molecule has 0 bridgehead atoms. The fraction of sp³-hybridized carbons (Fsp3) is 0.438. The van der Waals surface area contributed by atoms with E-state index in [0.29, 0.717) is 12.6 Å². The zero-order valence-electron chi connectivity index (χ0n) is 12.8. The highest BCUT2D eigenvalue weighted by Crippen LogP contribution is 2.23. The van der Waals surface area contributed by atoms with Crippen LogP contribution in [-0.4, -0.2) is 15.6 Å². The van der Waals surface area contributed by atoms with Crippen LogP contribution in [0.2, 0.25) is 0 Å². The summed E-state index contributed by atoms with van der Waals surface area (Å²) in [7, 11) is 0. The highest BCUT2D eigenvalue weighted by Gasteiger charge is 2.05. The Labute approximate surface area is 134 Å². The topological polar surface area (TPSA) is 39.1 Å². The van der Waals surface area contributed by atoms with Crippen LogP contribution in [0.15, 0.2) is 35.2 Å². The first-order valence-corrected chi connectivity index (χ1v) is 8.03. The summed E-state index contributed by atoms with van der Waals surface area (Å²) in [5.74, 6) is 0.877. The molecule has 0 fully saturated rings. The monoisotopic (exact) mass is 351 g/mol. The van der Waals surface area contributed by atoms with Gasteiger partial charge in [-0.15, -0.1) is 0 Å². The van der Waals surface area contributed by atoms with E-state index in [1.54, 1.807) is 0 Å². The molecule has 0 saturated heterocycles. The number of aromatic nitrogens is 2. The van der Waals surface area contributed by atoms with Crippen molar-refractivity contribution in [3.05, 3.63) is 46.5 Å².